The maximum absolute atomic E-state index is 5.07. The standard InChI is InChI=1S/C12H22N4O/c1-10(6-8-17-2)13-9-12-15-14-11-5-3-4-7-16(11)12/h10,13H,3-9H2,1-2H3. The van der Waals surface area contributed by atoms with E-state index in [2.05, 4.69) is 27.0 Å². The van der Waals surface area contributed by atoms with E-state index in [9.17, 15) is 0 Å². The molecule has 17 heavy (non-hydrogen) atoms. The Kier molecular flexibility index (Phi) is 4.50. The van der Waals surface area contributed by atoms with Gasteiger partial charge in [-0.2, -0.15) is 0 Å². The average molecular weight is 238 g/mol. The number of aryl methyl sites for hydroxylation is 1. The minimum absolute atomic E-state index is 0.450. The highest BCUT2D eigenvalue weighted by Gasteiger charge is 2.15. The monoisotopic (exact) mass is 238 g/mol. The number of hydrogen-bond acceptors (Lipinski definition) is 4. The molecule has 0 saturated carbocycles. The highest BCUT2D eigenvalue weighted by Crippen LogP contribution is 2.14. The Labute approximate surface area is 103 Å². The number of rotatable bonds is 6. The Balaban J connectivity index is 1.84. The maximum Gasteiger partial charge on any atom is 0.147 e. The highest BCUT2D eigenvalue weighted by molar-refractivity contribution is 4.98. The van der Waals surface area contributed by atoms with Crippen molar-refractivity contribution in [3.63, 3.8) is 0 Å². The summed E-state index contributed by atoms with van der Waals surface area (Å²) < 4.78 is 7.33. The Hall–Kier alpha value is -0.940. The highest BCUT2D eigenvalue weighted by atomic mass is 16.5. The molecule has 2 rings (SSSR count). The Morgan fingerprint density at radius 3 is 3.12 bits per heavy atom. The van der Waals surface area contributed by atoms with Gasteiger partial charge in [0.05, 0.1) is 6.54 Å². The van der Waals surface area contributed by atoms with Crippen molar-refractivity contribution < 1.29 is 4.74 Å². The van der Waals surface area contributed by atoms with E-state index >= 15 is 0 Å². The molecule has 1 aromatic heterocycles. The van der Waals surface area contributed by atoms with Gasteiger partial charge in [0.2, 0.25) is 0 Å². The fourth-order valence-corrected chi connectivity index (χ4v) is 2.16. The van der Waals surface area contributed by atoms with Crippen LogP contribution in [0.2, 0.25) is 0 Å². The van der Waals surface area contributed by atoms with Crippen molar-refractivity contribution >= 4 is 0 Å². The molecule has 5 heteroatoms. The molecular formula is C12H22N4O. The van der Waals surface area contributed by atoms with E-state index in [1.54, 1.807) is 7.11 Å². The summed E-state index contributed by atoms with van der Waals surface area (Å²) in [5.74, 6) is 2.22. The van der Waals surface area contributed by atoms with Crippen LogP contribution in [0.4, 0.5) is 0 Å². The smallest absolute Gasteiger partial charge is 0.147 e. The van der Waals surface area contributed by atoms with Gasteiger partial charge in [-0.3, -0.25) is 0 Å². The van der Waals surface area contributed by atoms with Crippen LogP contribution >= 0.6 is 0 Å². The third kappa shape index (κ3) is 3.26. The van der Waals surface area contributed by atoms with Gasteiger partial charge in [-0.05, 0) is 26.2 Å². The van der Waals surface area contributed by atoms with Gasteiger partial charge in [-0.25, -0.2) is 0 Å². The third-order valence-corrected chi connectivity index (χ3v) is 3.30. The summed E-state index contributed by atoms with van der Waals surface area (Å²) in [4.78, 5) is 0. The van der Waals surface area contributed by atoms with Crippen LogP contribution in [0.5, 0.6) is 0 Å². The van der Waals surface area contributed by atoms with Crippen molar-refractivity contribution in [2.75, 3.05) is 13.7 Å². The van der Waals surface area contributed by atoms with Crippen LogP contribution in [-0.2, 0) is 24.2 Å². The lowest BCUT2D eigenvalue weighted by Gasteiger charge is -2.16. The van der Waals surface area contributed by atoms with E-state index in [1.165, 1.54) is 12.8 Å². The number of nitrogens with zero attached hydrogens (tertiary/aromatic N) is 3. The van der Waals surface area contributed by atoms with Crippen LogP contribution < -0.4 is 5.32 Å². The molecule has 1 unspecified atom stereocenters. The lowest BCUT2D eigenvalue weighted by Crippen LogP contribution is -2.28. The summed E-state index contributed by atoms with van der Waals surface area (Å²) in [6.07, 6.45) is 4.59. The largest absolute Gasteiger partial charge is 0.385 e. The molecule has 0 aromatic carbocycles. The number of fused-ring (bicyclic) bond motifs is 1. The van der Waals surface area contributed by atoms with Crippen molar-refractivity contribution in [1.82, 2.24) is 20.1 Å². The molecule has 0 saturated heterocycles. The van der Waals surface area contributed by atoms with E-state index in [0.717, 1.165) is 44.2 Å². The minimum Gasteiger partial charge on any atom is -0.385 e. The van der Waals surface area contributed by atoms with Gasteiger partial charge in [0.25, 0.3) is 0 Å². The lowest BCUT2D eigenvalue weighted by molar-refractivity contribution is 0.184. The zero-order valence-electron chi connectivity index (χ0n) is 10.8. The van der Waals surface area contributed by atoms with Crippen molar-refractivity contribution in [2.24, 2.45) is 0 Å². The van der Waals surface area contributed by atoms with E-state index < -0.39 is 0 Å². The van der Waals surface area contributed by atoms with Gasteiger partial charge in [-0.15, -0.1) is 10.2 Å². The fourth-order valence-electron chi connectivity index (χ4n) is 2.16. The summed E-state index contributed by atoms with van der Waals surface area (Å²) in [5, 5.41) is 12.0. The number of ether oxygens (including phenoxy) is 1. The topological polar surface area (TPSA) is 52.0 Å². The van der Waals surface area contributed by atoms with Crippen molar-refractivity contribution in [2.45, 2.75) is 51.7 Å². The van der Waals surface area contributed by atoms with Gasteiger partial charge in [0.15, 0.2) is 0 Å². The molecule has 5 nitrogen and oxygen atoms in total. The maximum atomic E-state index is 5.07. The second kappa shape index (κ2) is 6.12. The molecule has 0 bridgehead atoms. The molecule has 1 N–H and O–H groups in total. The van der Waals surface area contributed by atoms with Gasteiger partial charge < -0.3 is 14.6 Å². The van der Waals surface area contributed by atoms with E-state index in [1.807, 2.05) is 0 Å². The van der Waals surface area contributed by atoms with Crippen LogP contribution in [-0.4, -0.2) is 34.5 Å². The van der Waals surface area contributed by atoms with Crippen molar-refractivity contribution in [3.05, 3.63) is 11.6 Å². The minimum atomic E-state index is 0.450. The third-order valence-electron chi connectivity index (χ3n) is 3.30. The second-order valence-corrected chi connectivity index (χ2v) is 4.70. The molecule has 1 aromatic rings. The van der Waals surface area contributed by atoms with E-state index in [4.69, 9.17) is 4.74 Å². The second-order valence-electron chi connectivity index (χ2n) is 4.70. The Morgan fingerprint density at radius 1 is 1.41 bits per heavy atom. The summed E-state index contributed by atoms with van der Waals surface area (Å²) in [5.41, 5.74) is 0. The molecule has 1 aliphatic rings. The number of nitrogens with one attached hydrogen (secondary N) is 1. The lowest BCUT2D eigenvalue weighted by atomic mass is 10.1. The first-order valence-corrected chi connectivity index (χ1v) is 6.44. The Morgan fingerprint density at radius 2 is 2.29 bits per heavy atom. The quantitative estimate of drug-likeness (QED) is 0.807. The molecule has 0 spiro atoms. The molecule has 96 valence electrons. The van der Waals surface area contributed by atoms with Crippen LogP contribution in [0.1, 0.15) is 37.8 Å². The normalized spacial score (nSPS) is 16.8. The van der Waals surface area contributed by atoms with E-state index in [0.29, 0.717) is 6.04 Å². The summed E-state index contributed by atoms with van der Waals surface area (Å²) in [6, 6.07) is 0.450. The van der Waals surface area contributed by atoms with Gasteiger partial charge in [0.1, 0.15) is 11.6 Å². The van der Waals surface area contributed by atoms with Crippen LogP contribution in [0.15, 0.2) is 0 Å². The SMILES string of the molecule is COCCC(C)NCc1nnc2n1CCCC2. The molecule has 1 aliphatic heterocycles. The van der Waals surface area contributed by atoms with E-state index in [-0.39, 0.29) is 0 Å². The molecule has 0 amide bonds. The van der Waals surface area contributed by atoms with Crippen LogP contribution in [0.3, 0.4) is 0 Å². The molecular weight excluding hydrogens is 216 g/mol. The number of methoxy groups -OCH3 is 1. The zero-order chi connectivity index (χ0) is 12.1. The summed E-state index contributed by atoms with van der Waals surface area (Å²) in [7, 11) is 1.74. The van der Waals surface area contributed by atoms with Gasteiger partial charge >= 0.3 is 0 Å². The fraction of sp³-hybridized carbons (Fsp3) is 0.833. The molecule has 2 heterocycles. The number of hydrogen-bond donors (Lipinski definition) is 1. The summed E-state index contributed by atoms with van der Waals surface area (Å²) >= 11 is 0. The molecule has 1 atom stereocenters. The average Bonchev–Trinajstić information content (AvgIpc) is 2.77. The number of aromatic nitrogens is 3. The first-order valence-electron chi connectivity index (χ1n) is 6.44. The van der Waals surface area contributed by atoms with Crippen molar-refractivity contribution in [3.8, 4) is 0 Å². The molecule has 0 fully saturated rings. The molecule has 0 radical (unpaired) electrons. The first-order chi connectivity index (χ1) is 8.31. The van der Waals surface area contributed by atoms with Gasteiger partial charge in [-0.1, -0.05) is 0 Å². The van der Waals surface area contributed by atoms with Gasteiger partial charge in [0, 0.05) is 32.7 Å². The zero-order valence-corrected chi connectivity index (χ0v) is 10.8. The first kappa shape index (κ1) is 12.5. The molecule has 0 aliphatic carbocycles. The van der Waals surface area contributed by atoms with Crippen molar-refractivity contribution in [1.29, 1.82) is 0 Å². The van der Waals surface area contributed by atoms with Crippen LogP contribution in [0.25, 0.3) is 0 Å². The summed E-state index contributed by atoms with van der Waals surface area (Å²) in [6.45, 7) is 4.85. The predicted octanol–water partition coefficient (Wildman–Crippen LogP) is 1.13. The predicted molar refractivity (Wildman–Crippen MR) is 65.8 cm³/mol. The van der Waals surface area contributed by atoms with Crippen LogP contribution in [0, 0.1) is 0 Å². The Bertz CT molecular complexity index is 350.